The largest absolute Gasteiger partial charge is 0.481 e. The number of likely N-dealkylation sites (tertiary alicyclic amines) is 2. The van der Waals surface area contributed by atoms with E-state index in [4.69, 9.17) is 4.74 Å². The summed E-state index contributed by atoms with van der Waals surface area (Å²) in [4.78, 5) is 41.9. The molecule has 8 heteroatoms. The summed E-state index contributed by atoms with van der Waals surface area (Å²) in [6.07, 6.45) is -0.209. The normalized spacial score (nSPS) is 20.7. The molecule has 2 aliphatic heterocycles. The maximum Gasteiger partial charge on any atom is 0.408 e. The predicted molar refractivity (Wildman–Crippen MR) is 145 cm³/mol. The zero-order valence-electron chi connectivity index (χ0n) is 21.6. The number of nitrogens with one attached hydrogen (secondary N) is 1. The van der Waals surface area contributed by atoms with Crippen molar-refractivity contribution in [2.45, 2.75) is 24.4 Å². The second-order valence-corrected chi connectivity index (χ2v) is 10.7. The SMILES string of the molecule is O=C(NC1(C(=O)N2CC(C(=O)O)C2)CCN(Cc2ccccc2)C1)OCC1c2ccccc2-c2ccccc21. The van der Waals surface area contributed by atoms with Gasteiger partial charge in [-0.05, 0) is 34.2 Å². The summed E-state index contributed by atoms with van der Waals surface area (Å²) in [5, 5.41) is 12.2. The maximum absolute atomic E-state index is 13.7. The molecule has 2 fully saturated rings. The van der Waals surface area contributed by atoms with E-state index >= 15 is 0 Å². The van der Waals surface area contributed by atoms with Crippen molar-refractivity contribution in [1.29, 1.82) is 0 Å². The zero-order chi connectivity index (χ0) is 27.0. The van der Waals surface area contributed by atoms with E-state index in [1.165, 1.54) is 4.90 Å². The number of amides is 2. The number of alkyl carbamates (subject to hydrolysis) is 1. The van der Waals surface area contributed by atoms with Gasteiger partial charge in [-0.1, -0.05) is 78.9 Å². The number of hydrogen-bond donors (Lipinski definition) is 2. The fraction of sp³-hybridized carbons (Fsp3) is 0.323. The lowest BCUT2D eigenvalue weighted by Gasteiger charge is -2.42. The lowest BCUT2D eigenvalue weighted by atomic mass is 9.91. The van der Waals surface area contributed by atoms with E-state index in [2.05, 4.69) is 34.5 Å². The molecule has 1 aliphatic carbocycles. The summed E-state index contributed by atoms with van der Waals surface area (Å²) in [6, 6.07) is 26.3. The number of carbonyl (C=O) groups is 3. The molecule has 2 amide bonds. The Morgan fingerprint density at radius 2 is 1.51 bits per heavy atom. The van der Waals surface area contributed by atoms with Gasteiger partial charge < -0.3 is 20.1 Å². The quantitative estimate of drug-likeness (QED) is 0.488. The average Bonchev–Trinajstić information content (AvgIpc) is 3.46. The van der Waals surface area contributed by atoms with Crippen LogP contribution in [0.2, 0.25) is 0 Å². The Balaban J connectivity index is 1.17. The van der Waals surface area contributed by atoms with Crippen LogP contribution in [0.1, 0.15) is 29.0 Å². The van der Waals surface area contributed by atoms with Gasteiger partial charge in [0, 0.05) is 38.6 Å². The third kappa shape index (κ3) is 4.76. The molecule has 0 aromatic heterocycles. The van der Waals surface area contributed by atoms with Gasteiger partial charge in [0.2, 0.25) is 5.91 Å². The van der Waals surface area contributed by atoms with Crippen LogP contribution in [-0.2, 0) is 20.9 Å². The van der Waals surface area contributed by atoms with E-state index in [9.17, 15) is 19.5 Å². The van der Waals surface area contributed by atoms with Gasteiger partial charge in [0.25, 0.3) is 0 Å². The first-order chi connectivity index (χ1) is 18.9. The van der Waals surface area contributed by atoms with E-state index in [0.717, 1.165) is 27.8 Å². The highest BCUT2D eigenvalue weighted by molar-refractivity contribution is 5.92. The van der Waals surface area contributed by atoms with E-state index in [-0.39, 0.29) is 31.5 Å². The molecule has 1 unspecified atom stereocenters. The number of carbonyl (C=O) groups excluding carboxylic acids is 2. The molecule has 0 spiro atoms. The third-order valence-corrected chi connectivity index (χ3v) is 8.21. The Morgan fingerprint density at radius 1 is 0.897 bits per heavy atom. The van der Waals surface area contributed by atoms with Gasteiger partial charge in [-0.3, -0.25) is 14.5 Å². The molecule has 6 rings (SSSR count). The first-order valence-corrected chi connectivity index (χ1v) is 13.4. The van der Waals surface area contributed by atoms with Crippen molar-refractivity contribution in [3.8, 4) is 11.1 Å². The van der Waals surface area contributed by atoms with Gasteiger partial charge in [-0.15, -0.1) is 0 Å². The summed E-state index contributed by atoms with van der Waals surface area (Å²) >= 11 is 0. The van der Waals surface area contributed by atoms with Gasteiger partial charge in [0.15, 0.2) is 0 Å². The first-order valence-electron chi connectivity index (χ1n) is 13.4. The number of benzene rings is 3. The van der Waals surface area contributed by atoms with E-state index in [1.807, 2.05) is 54.6 Å². The van der Waals surface area contributed by atoms with Crippen molar-refractivity contribution in [3.05, 3.63) is 95.6 Å². The van der Waals surface area contributed by atoms with Crippen LogP contribution < -0.4 is 5.32 Å². The van der Waals surface area contributed by atoms with Gasteiger partial charge >= 0.3 is 12.1 Å². The van der Waals surface area contributed by atoms with Crippen LogP contribution in [0.15, 0.2) is 78.9 Å². The van der Waals surface area contributed by atoms with Crippen molar-refractivity contribution in [2.24, 2.45) is 5.92 Å². The third-order valence-electron chi connectivity index (χ3n) is 8.21. The lowest BCUT2D eigenvalue weighted by Crippen LogP contribution is -2.66. The van der Waals surface area contributed by atoms with Gasteiger partial charge in [0.1, 0.15) is 12.1 Å². The molecule has 200 valence electrons. The molecule has 2 saturated heterocycles. The van der Waals surface area contributed by atoms with Crippen LogP contribution >= 0.6 is 0 Å². The molecule has 1 atom stereocenters. The molecular weight excluding hydrogens is 494 g/mol. The van der Waals surface area contributed by atoms with E-state index in [0.29, 0.717) is 26.1 Å². The Kier molecular flexibility index (Phi) is 6.56. The topological polar surface area (TPSA) is 99.2 Å². The number of rotatable bonds is 7. The first kappa shape index (κ1) is 25.1. The molecule has 2 heterocycles. The summed E-state index contributed by atoms with van der Waals surface area (Å²) in [7, 11) is 0. The van der Waals surface area contributed by atoms with E-state index < -0.39 is 23.5 Å². The summed E-state index contributed by atoms with van der Waals surface area (Å²) in [5.41, 5.74) is 4.48. The number of aliphatic carboxylic acids is 1. The molecule has 0 saturated carbocycles. The highest BCUT2D eigenvalue weighted by atomic mass is 16.5. The highest BCUT2D eigenvalue weighted by Gasteiger charge is 2.51. The summed E-state index contributed by atoms with van der Waals surface area (Å²) < 4.78 is 5.79. The number of hydrogen-bond acceptors (Lipinski definition) is 5. The summed E-state index contributed by atoms with van der Waals surface area (Å²) in [6.45, 7) is 2.07. The van der Waals surface area contributed by atoms with Crippen LogP contribution in [-0.4, -0.2) is 71.2 Å². The molecule has 3 aromatic carbocycles. The standard InChI is InChI=1S/C31H31N3O5/c35-28(36)22-17-34(18-22)29(37)31(14-15-33(20-31)16-21-8-2-1-3-9-21)32-30(38)39-19-27-25-12-6-4-10-23(25)24-11-5-7-13-26(24)27/h1-13,22,27H,14-20H2,(H,32,38)(H,35,36). The highest BCUT2D eigenvalue weighted by Crippen LogP contribution is 2.44. The number of nitrogens with zero attached hydrogens (tertiary/aromatic N) is 2. The minimum absolute atomic E-state index is 0.0836. The van der Waals surface area contributed by atoms with Crippen molar-refractivity contribution in [1.82, 2.24) is 15.1 Å². The Bertz CT molecular complexity index is 1360. The molecule has 2 N–H and O–H groups in total. The van der Waals surface area contributed by atoms with Crippen LogP contribution in [0, 0.1) is 5.92 Å². The molecule has 3 aromatic rings. The zero-order valence-corrected chi connectivity index (χ0v) is 21.6. The second-order valence-electron chi connectivity index (χ2n) is 10.7. The van der Waals surface area contributed by atoms with Crippen molar-refractivity contribution in [2.75, 3.05) is 32.8 Å². The average molecular weight is 526 g/mol. The second kappa shape index (κ2) is 10.2. The fourth-order valence-electron chi connectivity index (χ4n) is 6.13. The Labute approximate surface area is 227 Å². The fourth-order valence-corrected chi connectivity index (χ4v) is 6.13. The van der Waals surface area contributed by atoms with Crippen LogP contribution in [0.3, 0.4) is 0 Å². The molecule has 3 aliphatic rings. The molecule has 8 nitrogen and oxygen atoms in total. The number of carboxylic acid groups (broad SMARTS) is 1. The smallest absolute Gasteiger partial charge is 0.408 e. The number of fused-ring (bicyclic) bond motifs is 3. The molecule has 39 heavy (non-hydrogen) atoms. The molecule has 0 bridgehead atoms. The van der Waals surface area contributed by atoms with E-state index in [1.54, 1.807) is 0 Å². The number of ether oxygens (including phenoxy) is 1. The predicted octanol–water partition coefficient (Wildman–Crippen LogP) is 3.71. The van der Waals surface area contributed by atoms with Crippen LogP contribution in [0.4, 0.5) is 4.79 Å². The van der Waals surface area contributed by atoms with Crippen LogP contribution in [0.5, 0.6) is 0 Å². The maximum atomic E-state index is 13.7. The monoisotopic (exact) mass is 525 g/mol. The molecule has 0 radical (unpaired) electrons. The van der Waals surface area contributed by atoms with Crippen LogP contribution in [0.25, 0.3) is 11.1 Å². The van der Waals surface area contributed by atoms with Gasteiger partial charge in [0.05, 0.1) is 5.92 Å². The number of carboxylic acids is 1. The Morgan fingerprint density at radius 3 is 2.15 bits per heavy atom. The lowest BCUT2D eigenvalue weighted by molar-refractivity contribution is -0.155. The minimum atomic E-state index is -1.17. The Hall–Kier alpha value is -4.17. The van der Waals surface area contributed by atoms with Crippen molar-refractivity contribution >= 4 is 18.0 Å². The van der Waals surface area contributed by atoms with Crippen molar-refractivity contribution < 1.29 is 24.2 Å². The van der Waals surface area contributed by atoms with Gasteiger partial charge in [-0.25, -0.2) is 4.79 Å². The van der Waals surface area contributed by atoms with Crippen molar-refractivity contribution in [3.63, 3.8) is 0 Å². The minimum Gasteiger partial charge on any atom is -0.481 e. The van der Waals surface area contributed by atoms with Gasteiger partial charge in [-0.2, -0.15) is 0 Å². The summed E-state index contributed by atoms with van der Waals surface area (Å²) in [5.74, 6) is -1.80. The molecular formula is C31H31N3O5.